The second kappa shape index (κ2) is 28.6. The zero-order chi connectivity index (χ0) is 57.2. The molecule has 0 aliphatic heterocycles. The first-order valence-electron chi connectivity index (χ1n) is 26.3. The maximum atomic E-state index is 13.3. The molecule has 9 heterocycles. The molecular formula is C65H57Cl3FN9O4. The van der Waals surface area contributed by atoms with Crippen LogP contribution in [0.4, 0.5) is 4.39 Å². The van der Waals surface area contributed by atoms with Crippen LogP contribution in [0.15, 0.2) is 189 Å². The number of nitrogens with zero attached hydrogens (tertiary/aromatic N) is 6. The van der Waals surface area contributed by atoms with Gasteiger partial charge in [0.15, 0.2) is 6.29 Å². The highest BCUT2D eigenvalue weighted by Gasteiger charge is 2.21. The van der Waals surface area contributed by atoms with E-state index in [0.717, 1.165) is 110 Å². The fourth-order valence-electron chi connectivity index (χ4n) is 9.06. The lowest BCUT2D eigenvalue weighted by molar-refractivity contribution is 0.111. The first-order valence-corrected chi connectivity index (χ1v) is 27.5. The van der Waals surface area contributed by atoms with Gasteiger partial charge in [-0.25, -0.2) is 29.9 Å². The van der Waals surface area contributed by atoms with Crippen molar-refractivity contribution in [2.75, 3.05) is 14.2 Å². The van der Waals surface area contributed by atoms with Crippen LogP contribution in [-0.2, 0) is 44.9 Å². The molecule has 1 unspecified atom stereocenters. The van der Waals surface area contributed by atoms with Crippen LogP contribution >= 0.6 is 34.8 Å². The molecule has 0 fully saturated rings. The Hall–Kier alpha value is -8.79. The third-order valence-corrected chi connectivity index (χ3v) is 14.2. The average molecular weight is 1150 g/mol. The highest BCUT2D eigenvalue weighted by Crippen LogP contribution is 2.33. The molecule has 0 aliphatic rings. The van der Waals surface area contributed by atoms with E-state index >= 15 is 0 Å². The van der Waals surface area contributed by atoms with E-state index in [1.54, 1.807) is 45.1 Å². The zero-order valence-corrected chi connectivity index (χ0v) is 47.1. The standard InChI is InChI=1S/C22H20ClN3O2.C22H20ClN3O.C14H11ClFNO.C7H6N2/c1-28-22-18(20(27)19-13-25-21-17(19)3-2-12-24-21)11-10-16(26-22)9-6-14-4-7-15(23)8-5-14;1-27-22-16(13-17-14-25-21-20(17)3-2-12-24-21)7-11-19(26-22)10-6-15-4-8-18(23)9-5-15;15-12-5-1-10(2-6-12)3-7-13-8-4-11(9-18)14(16)17-13;1-2-6-3-5-9-7(6)8-4-1/h2-5,7-8,10-13,20,27H,6,9H2,1H3,(H,24,25);2-5,7-9,11-12,14H,6,10,13H2,1H3,(H,24,25);1-2,4-6,8-9H,3,7H2;1-5H,(H,8,9). The summed E-state index contributed by atoms with van der Waals surface area (Å²) in [6.45, 7) is 0. The van der Waals surface area contributed by atoms with Crippen molar-refractivity contribution < 1.29 is 23.8 Å². The third kappa shape index (κ3) is 15.6. The molecule has 0 saturated carbocycles. The summed E-state index contributed by atoms with van der Waals surface area (Å²) < 4.78 is 24.3. The van der Waals surface area contributed by atoms with Gasteiger partial charge in [-0.2, -0.15) is 4.39 Å². The molecule has 0 saturated heterocycles. The molecule has 1 atom stereocenters. The molecule has 9 aromatic heterocycles. The topological polar surface area (TPSA) is 180 Å². The maximum Gasteiger partial charge on any atom is 0.223 e. The number of carbonyl (C=O) groups is 1. The fourth-order valence-corrected chi connectivity index (χ4v) is 9.43. The van der Waals surface area contributed by atoms with E-state index in [0.29, 0.717) is 40.7 Å². The monoisotopic (exact) mass is 1150 g/mol. The summed E-state index contributed by atoms with van der Waals surface area (Å²) in [4.78, 5) is 45.5. The first-order chi connectivity index (χ1) is 40.0. The van der Waals surface area contributed by atoms with Gasteiger partial charge in [0, 0.05) is 109 Å². The third-order valence-electron chi connectivity index (χ3n) is 13.5. The minimum absolute atomic E-state index is 0.00903. The van der Waals surface area contributed by atoms with Crippen molar-refractivity contribution in [3.63, 3.8) is 0 Å². The van der Waals surface area contributed by atoms with Gasteiger partial charge in [-0.05, 0) is 170 Å². The molecule has 4 N–H and O–H groups in total. The summed E-state index contributed by atoms with van der Waals surface area (Å²) in [5.74, 6) is 0.403. The number of pyridine rings is 6. The number of aliphatic hydroxyl groups excluding tert-OH is 1. The second-order valence-corrected chi connectivity index (χ2v) is 20.2. The lowest BCUT2D eigenvalue weighted by atomic mass is 10.0. The Morgan fingerprint density at radius 3 is 1.57 bits per heavy atom. The number of hydrogen-bond acceptors (Lipinski definition) is 10. The van der Waals surface area contributed by atoms with Crippen molar-refractivity contribution in [3.8, 4) is 11.8 Å². The fraction of sp³-hybridized carbons (Fsp3) is 0.154. The number of H-pyrrole nitrogens is 3. The quantitative estimate of drug-likeness (QED) is 0.0537. The van der Waals surface area contributed by atoms with E-state index < -0.39 is 12.1 Å². The number of aryl methyl sites for hydroxylation is 6. The molecule has 3 aromatic carbocycles. The molecule has 414 valence electrons. The van der Waals surface area contributed by atoms with Gasteiger partial charge in [0.05, 0.1) is 19.8 Å². The van der Waals surface area contributed by atoms with Crippen molar-refractivity contribution in [1.82, 2.24) is 44.9 Å². The normalized spacial score (nSPS) is 11.2. The van der Waals surface area contributed by atoms with Crippen molar-refractivity contribution in [2.45, 2.75) is 51.0 Å². The molecule has 0 spiro atoms. The van der Waals surface area contributed by atoms with Gasteiger partial charge in [0.1, 0.15) is 23.0 Å². The number of fused-ring (bicyclic) bond motifs is 3. The summed E-state index contributed by atoms with van der Waals surface area (Å²) in [5.41, 5.74) is 12.3. The Morgan fingerprint density at radius 1 is 0.512 bits per heavy atom. The van der Waals surface area contributed by atoms with Crippen LogP contribution in [0.1, 0.15) is 72.5 Å². The van der Waals surface area contributed by atoms with Gasteiger partial charge in [-0.3, -0.25) is 4.79 Å². The summed E-state index contributed by atoms with van der Waals surface area (Å²) >= 11 is 17.7. The van der Waals surface area contributed by atoms with E-state index in [2.05, 4.69) is 70.2 Å². The SMILES string of the molecule is COc1nc(CCc2ccc(Cl)cc2)ccc1C(O)c1c[nH]c2ncccc12.COc1nc(CCc2ccc(Cl)cc2)ccc1Cc1c[nH]c2ncccc12.O=Cc1ccc(CCc2ccc(Cl)cc2)nc1F.c1cnc2[nH]ccc2c1. The van der Waals surface area contributed by atoms with Gasteiger partial charge >= 0.3 is 0 Å². The minimum atomic E-state index is -0.856. The first kappa shape index (κ1) is 57.9. The van der Waals surface area contributed by atoms with Crippen molar-refractivity contribution in [3.05, 3.63) is 271 Å². The number of hydrogen-bond donors (Lipinski definition) is 4. The van der Waals surface area contributed by atoms with Gasteiger partial charge in [0.25, 0.3) is 0 Å². The molecule has 0 amide bonds. The van der Waals surface area contributed by atoms with E-state index in [-0.39, 0.29) is 5.56 Å². The lowest BCUT2D eigenvalue weighted by Crippen LogP contribution is -2.05. The van der Waals surface area contributed by atoms with Crippen LogP contribution in [0.25, 0.3) is 33.1 Å². The molecule has 0 radical (unpaired) electrons. The summed E-state index contributed by atoms with van der Waals surface area (Å²) in [5, 5.41) is 16.3. The Kier molecular flexibility index (Phi) is 20.2. The lowest BCUT2D eigenvalue weighted by Gasteiger charge is -2.15. The Labute approximate surface area is 488 Å². The van der Waals surface area contributed by atoms with Gasteiger partial charge in [-0.15, -0.1) is 0 Å². The largest absolute Gasteiger partial charge is 0.481 e. The molecule has 82 heavy (non-hydrogen) atoms. The summed E-state index contributed by atoms with van der Waals surface area (Å²) in [6.07, 6.45) is 16.1. The number of aromatic nitrogens is 9. The molecule has 12 rings (SSSR count). The molecule has 0 aliphatic carbocycles. The van der Waals surface area contributed by atoms with Crippen LogP contribution in [-0.4, -0.2) is 70.5 Å². The van der Waals surface area contributed by atoms with E-state index in [4.69, 9.17) is 49.3 Å². The summed E-state index contributed by atoms with van der Waals surface area (Å²) in [7, 11) is 3.24. The molecule has 13 nitrogen and oxygen atoms in total. The molecule has 12 aromatic rings. The van der Waals surface area contributed by atoms with Crippen LogP contribution in [0, 0.1) is 5.95 Å². The zero-order valence-electron chi connectivity index (χ0n) is 44.9. The van der Waals surface area contributed by atoms with Crippen molar-refractivity contribution in [2.24, 2.45) is 0 Å². The molecule has 17 heteroatoms. The van der Waals surface area contributed by atoms with Crippen molar-refractivity contribution in [1.29, 1.82) is 0 Å². The number of benzene rings is 3. The van der Waals surface area contributed by atoms with E-state index in [9.17, 15) is 14.3 Å². The highest BCUT2D eigenvalue weighted by atomic mass is 35.5. The Morgan fingerprint density at radius 2 is 1.01 bits per heavy atom. The van der Waals surface area contributed by atoms with Crippen molar-refractivity contribution >= 4 is 74.2 Å². The van der Waals surface area contributed by atoms with Gasteiger partial charge < -0.3 is 29.5 Å². The highest BCUT2D eigenvalue weighted by molar-refractivity contribution is 6.31. The number of ether oxygens (including phenoxy) is 2. The number of halogens is 4. The number of aromatic amines is 3. The number of aldehydes is 1. The van der Waals surface area contributed by atoms with Crippen LogP contribution in [0.3, 0.4) is 0 Å². The van der Waals surface area contributed by atoms with E-state index in [1.807, 2.05) is 122 Å². The van der Waals surface area contributed by atoms with Crippen LogP contribution < -0.4 is 9.47 Å². The number of nitrogens with one attached hydrogen (secondary N) is 3. The second-order valence-electron chi connectivity index (χ2n) is 18.9. The van der Waals surface area contributed by atoms with Crippen LogP contribution in [0.5, 0.6) is 11.8 Å². The number of rotatable bonds is 16. The van der Waals surface area contributed by atoms with Gasteiger partial charge in [0.2, 0.25) is 17.7 Å². The summed E-state index contributed by atoms with van der Waals surface area (Å²) in [6, 6.07) is 48.2. The number of carbonyl (C=O) groups excluding carboxylic acids is 1. The van der Waals surface area contributed by atoms with Gasteiger partial charge in [-0.1, -0.05) is 77.3 Å². The Bertz CT molecular complexity index is 3970. The predicted molar refractivity (Wildman–Crippen MR) is 323 cm³/mol. The average Bonchev–Trinajstić information content (AvgIpc) is 4.43. The number of methoxy groups -OCH3 is 2. The maximum absolute atomic E-state index is 13.3. The minimum Gasteiger partial charge on any atom is -0.481 e. The molecule has 0 bridgehead atoms. The Balaban J connectivity index is 0.000000140. The number of aliphatic hydroxyl groups is 1. The van der Waals surface area contributed by atoms with Crippen LogP contribution in [0.2, 0.25) is 15.1 Å². The van der Waals surface area contributed by atoms with E-state index in [1.165, 1.54) is 22.8 Å². The smallest absolute Gasteiger partial charge is 0.223 e. The molecular weight excluding hydrogens is 1100 g/mol. The predicted octanol–water partition coefficient (Wildman–Crippen LogP) is 14.5.